The first-order valence-electron chi connectivity index (χ1n) is 4.88. The standard InChI is InChI=1S/C11H12INO4/c1-7(14)13-9(11(15)16)6-17-10-5-3-2-4-8(10)12/h2-5,9H,6H2,1H3,(H,13,14)(H,15,16). The fourth-order valence-electron chi connectivity index (χ4n) is 1.15. The number of aliphatic carboxylic acids is 1. The molecule has 0 radical (unpaired) electrons. The highest BCUT2D eigenvalue weighted by Crippen LogP contribution is 2.19. The van der Waals surface area contributed by atoms with E-state index in [1.807, 2.05) is 12.1 Å². The van der Waals surface area contributed by atoms with Crippen LogP contribution in [0.4, 0.5) is 0 Å². The molecule has 0 saturated carbocycles. The van der Waals surface area contributed by atoms with Crippen LogP contribution in [0.2, 0.25) is 0 Å². The summed E-state index contributed by atoms with van der Waals surface area (Å²) in [5.41, 5.74) is 0. The van der Waals surface area contributed by atoms with Crippen molar-refractivity contribution in [2.45, 2.75) is 13.0 Å². The van der Waals surface area contributed by atoms with Gasteiger partial charge in [-0.05, 0) is 34.7 Å². The number of hydrogen-bond acceptors (Lipinski definition) is 3. The Morgan fingerprint density at radius 3 is 2.65 bits per heavy atom. The summed E-state index contributed by atoms with van der Waals surface area (Å²) >= 11 is 2.09. The lowest BCUT2D eigenvalue weighted by Crippen LogP contribution is -2.43. The molecule has 1 aromatic carbocycles. The summed E-state index contributed by atoms with van der Waals surface area (Å²) in [6, 6.07) is 6.21. The lowest BCUT2D eigenvalue weighted by atomic mass is 10.3. The van der Waals surface area contributed by atoms with Crippen LogP contribution in [0, 0.1) is 3.57 Å². The van der Waals surface area contributed by atoms with Crippen LogP contribution in [0.15, 0.2) is 24.3 Å². The van der Waals surface area contributed by atoms with Crippen molar-refractivity contribution in [3.8, 4) is 5.75 Å². The molecule has 0 aromatic heterocycles. The highest BCUT2D eigenvalue weighted by Gasteiger charge is 2.19. The average molecular weight is 349 g/mol. The van der Waals surface area contributed by atoms with Crippen molar-refractivity contribution < 1.29 is 19.4 Å². The molecule has 17 heavy (non-hydrogen) atoms. The number of amides is 1. The van der Waals surface area contributed by atoms with Crippen molar-refractivity contribution in [3.05, 3.63) is 27.8 Å². The van der Waals surface area contributed by atoms with Crippen molar-refractivity contribution in [2.75, 3.05) is 6.61 Å². The van der Waals surface area contributed by atoms with Gasteiger partial charge >= 0.3 is 5.97 Å². The second kappa shape index (κ2) is 6.43. The quantitative estimate of drug-likeness (QED) is 0.785. The highest BCUT2D eigenvalue weighted by atomic mass is 127. The maximum Gasteiger partial charge on any atom is 0.329 e. The number of rotatable bonds is 5. The average Bonchev–Trinajstić information content (AvgIpc) is 2.25. The zero-order valence-electron chi connectivity index (χ0n) is 9.14. The van der Waals surface area contributed by atoms with Crippen LogP contribution in [0.25, 0.3) is 0 Å². The lowest BCUT2D eigenvalue weighted by Gasteiger charge is -2.15. The van der Waals surface area contributed by atoms with Gasteiger partial charge in [-0.2, -0.15) is 0 Å². The molecule has 1 rings (SSSR count). The summed E-state index contributed by atoms with van der Waals surface area (Å²) in [5.74, 6) is -0.917. The van der Waals surface area contributed by atoms with E-state index in [2.05, 4.69) is 27.9 Å². The van der Waals surface area contributed by atoms with Gasteiger partial charge in [0.25, 0.3) is 0 Å². The Hall–Kier alpha value is -1.31. The van der Waals surface area contributed by atoms with Gasteiger partial charge in [0.05, 0.1) is 3.57 Å². The van der Waals surface area contributed by atoms with Gasteiger partial charge in [-0.3, -0.25) is 4.79 Å². The molecule has 0 aliphatic carbocycles. The van der Waals surface area contributed by atoms with Crippen LogP contribution in [0.3, 0.4) is 0 Å². The summed E-state index contributed by atoms with van der Waals surface area (Å²) in [6.45, 7) is 1.16. The van der Waals surface area contributed by atoms with Gasteiger partial charge in [0.15, 0.2) is 6.04 Å². The number of para-hydroxylation sites is 1. The summed E-state index contributed by atoms with van der Waals surface area (Å²) in [5, 5.41) is 11.2. The first-order valence-corrected chi connectivity index (χ1v) is 5.96. The van der Waals surface area contributed by atoms with E-state index < -0.39 is 17.9 Å². The van der Waals surface area contributed by atoms with Crippen LogP contribution < -0.4 is 10.1 Å². The number of carboxylic acids is 1. The molecule has 1 unspecified atom stereocenters. The van der Waals surface area contributed by atoms with Gasteiger partial charge in [0.1, 0.15) is 12.4 Å². The summed E-state index contributed by atoms with van der Waals surface area (Å²) in [6.07, 6.45) is 0. The van der Waals surface area contributed by atoms with Gasteiger partial charge in [0, 0.05) is 6.92 Å². The van der Waals surface area contributed by atoms with Gasteiger partial charge in [-0.25, -0.2) is 4.79 Å². The number of carbonyl (C=O) groups is 2. The summed E-state index contributed by atoms with van der Waals surface area (Å²) in [4.78, 5) is 21.6. The summed E-state index contributed by atoms with van der Waals surface area (Å²) < 4.78 is 6.24. The van der Waals surface area contributed by atoms with E-state index in [0.717, 1.165) is 3.57 Å². The number of hydrogen-bond donors (Lipinski definition) is 2. The number of nitrogens with one attached hydrogen (secondary N) is 1. The Morgan fingerprint density at radius 1 is 1.47 bits per heavy atom. The van der Waals surface area contributed by atoms with Crippen molar-refractivity contribution in [1.29, 1.82) is 0 Å². The largest absolute Gasteiger partial charge is 0.490 e. The minimum absolute atomic E-state index is 0.102. The third kappa shape index (κ3) is 4.59. The Labute approximate surface area is 112 Å². The fourth-order valence-corrected chi connectivity index (χ4v) is 1.70. The Bertz CT molecular complexity index is 422. The minimum Gasteiger partial charge on any atom is -0.490 e. The molecule has 0 aliphatic heterocycles. The molecule has 0 spiro atoms. The monoisotopic (exact) mass is 349 g/mol. The van der Waals surface area contributed by atoms with E-state index in [0.29, 0.717) is 5.75 Å². The molecular weight excluding hydrogens is 337 g/mol. The highest BCUT2D eigenvalue weighted by molar-refractivity contribution is 14.1. The molecule has 0 saturated heterocycles. The molecule has 0 fully saturated rings. The van der Waals surface area contributed by atoms with E-state index in [1.165, 1.54) is 6.92 Å². The molecule has 6 heteroatoms. The number of carbonyl (C=O) groups excluding carboxylic acids is 1. The molecule has 0 bridgehead atoms. The zero-order chi connectivity index (χ0) is 12.8. The van der Waals surface area contributed by atoms with Gasteiger partial charge in [-0.15, -0.1) is 0 Å². The van der Waals surface area contributed by atoms with Crippen LogP contribution in [0.5, 0.6) is 5.75 Å². The molecule has 1 aromatic rings. The minimum atomic E-state index is -1.12. The molecule has 0 heterocycles. The summed E-state index contributed by atoms with van der Waals surface area (Å²) in [7, 11) is 0. The second-order valence-corrected chi connectivity index (χ2v) is 4.49. The molecule has 1 amide bonds. The maximum absolute atomic E-state index is 10.8. The topological polar surface area (TPSA) is 75.6 Å². The molecule has 0 aliphatic rings. The van der Waals surface area contributed by atoms with E-state index in [9.17, 15) is 9.59 Å². The number of halogens is 1. The number of ether oxygens (including phenoxy) is 1. The first kappa shape index (κ1) is 13.8. The van der Waals surface area contributed by atoms with Gasteiger partial charge in [0.2, 0.25) is 5.91 Å². The SMILES string of the molecule is CC(=O)NC(COc1ccccc1I)C(=O)O. The smallest absolute Gasteiger partial charge is 0.329 e. The van der Waals surface area contributed by atoms with Crippen LogP contribution in [-0.4, -0.2) is 29.6 Å². The Balaban J connectivity index is 2.61. The molecule has 5 nitrogen and oxygen atoms in total. The van der Waals surface area contributed by atoms with E-state index >= 15 is 0 Å². The van der Waals surface area contributed by atoms with Crippen LogP contribution >= 0.6 is 22.6 Å². The zero-order valence-corrected chi connectivity index (χ0v) is 11.3. The van der Waals surface area contributed by atoms with Crippen molar-refractivity contribution in [2.24, 2.45) is 0 Å². The van der Waals surface area contributed by atoms with Crippen molar-refractivity contribution >= 4 is 34.5 Å². The Kier molecular flexibility index (Phi) is 5.20. The number of benzene rings is 1. The molecular formula is C11H12INO4. The lowest BCUT2D eigenvalue weighted by molar-refractivity contribution is -0.142. The van der Waals surface area contributed by atoms with E-state index in [4.69, 9.17) is 9.84 Å². The molecule has 2 N–H and O–H groups in total. The van der Waals surface area contributed by atoms with E-state index in [-0.39, 0.29) is 6.61 Å². The first-order chi connectivity index (χ1) is 8.00. The molecule has 1 atom stereocenters. The fraction of sp³-hybridized carbons (Fsp3) is 0.273. The van der Waals surface area contributed by atoms with Crippen molar-refractivity contribution in [3.63, 3.8) is 0 Å². The van der Waals surface area contributed by atoms with Crippen molar-refractivity contribution in [1.82, 2.24) is 5.32 Å². The van der Waals surface area contributed by atoms with E-state index in [1.54, 1.807) is 12.1 Å². The van der Waals surface area contributed by atoms with Crippen LogP contribution in [-0.2, 0) is 9.59 Å². The third-order valence-electron chi connectivity index (χ3n) is 1.92. The third-order valence-corrected chi connectivity index (χ3v) is 2.81. The Morgan fingerprint density at radius 2 is 2.12 bits per heavy atom. The maximum atomic E-state index is 10.8. The predicted molar refractivity (Wildman–Crippen MR) is 69.9 cm³/mol. The van der Waals surface area contributed by atoms with Gasteiger partial charge < -0.3 is 15.2 Å². The normalized spacial score (nSPS) is 11.6. The number of carboxylic acid groups (broad SMARTS) is 1. The predicted octanol–water partition coefficient (Wildman–Crippen LogP) is 1.26. The van der Waals surface area contributed by atoms with Gasteiger partial charge in [-0.1, -0.05) is 12.1 Å². The molecule has 92 valence electrons. The second-order valence-electron chi connectivity index (χ2n) is 3.33. The van der Waals surface area contributed by atoms with Crippen LogP contribution in [0.1, 0.15) is 6.92 Å².